The van der Waals surface area contributed by atoms with Crippen molar-refractivity contribution in [2.75, 3.05) is 36.2 Å². The maximum Gasteiger partial charge on any atom is 0.397 e. The molecule has 59 heavy (non-hydrogen) atoms. The summed E-state index contributed by atoms with van der Waals surface area (Å²) in [6.45, 7) is 1.05. The van der Waals surface area contributed by atoms with Crippen LogP contribution in [0, 0.1) is 0 Å². The van der Waals surface area contributed by atoms with Gasteiger partial charge in [0.25, 0.3) is 20.2 Å². The molecule has 301 valence electrons. The van der Waals surface area contributed by atoms with Gasteiger partial charge < -0.3 is 20.1 Å². The van der Waals surface area contributed by atoms with Gasteiger partial charge in [0.1, 0.15) is 26.9 Å². The monoisotopic (exact) mass is 942 g/mol. The summed E-state index contributed by atoms with van der Waals surface area (Å²) in [5.41, 5.74) is -0.715. The Morgan fingerprint density at radius 3 is 2.10 bits per heavy atom. The molecule has 5 N–H and O–H groups in total. The van der Waals surface area contributed by atoms with Crippen molar-refractivity contribution in [3.8, 4) is 11.5 Å². The molecule has 0 aliphatic carbocycles. The van der Waals surface area contributed by atoms with Crippen molar-refractivity contribution in [2.45, 2.75) is 21.6 Å². The smallest absolute Gasteiger partial charge is 0.397 e. The number of fused-ring (bicyclic) bond motifs is 1. The van der Waals surface area contributed by atoms with Crippen molar-refractivity contribution in [1.82, 2.24) is 15.0 Å². The van der Waals surface area contributed by atoms with Crippen molar-refractivity contribution >= 4 is 186 Å². The van der Waals surface area contributed by atoms with Crippen LogP contribution in [0.3, 0.4) is 0 Å². The van der Waals surface area contributed by atoms with E-state index in [1.807, 2.05) is 0 Å². The number of phenols is 1. The van der Waals surface area contributed by atoms with E-state index in [0.717, 1.165) is 18.2 Å². The molecule has 1 heterocycles. The number of methoxy groups -OCH3 is 1. The van der Waals surface area contributed by atoms with Crippen LogP contribution in [-0.4, -0.2) is 182 Å². The van der Waals surface area contributed by atoms with Crippen LogP contribution in [-0.2, 0) is 44.7 Å². The molecular formula is C30H28ClN7Na3O14S4. The Bertz CT molecular complexity index is 2840. The number of hydrogen-bond donors (Lipinski definition) is 5. The van der Waals surface area contributed by atoms with Crippen LogP contribution in [0.1, 0.15) is 6.92 Å². The van der Waals surface area contributed by atoms with Gasteiger partial charge in [-0.25, -0.2) is 12.6 Å². The van der Waals surface area contributed by atoms with Gasteiger partial charge in [0.15, 0.2) is 15.6 Å². The summed E-state index contributed by atoms with van der Waals surface area (Å²) in [6, 6.07) is 13.9. The summed E-state index contributed by atoms with van der Waals surface area (Å²) in [6.07, 6.45) is 0. The van der Waals surface area contributed by atoms with Crippen LogP contribution < -0.4 is 15.0 Å². The maximum absolute atomic E-state index is 12.8. The predicted octanol–water partition coefficient (Wildman–Crippen LogP) is 3.65. The van der Waals surface area contributed by atoms with E-state index in [2.05, 4.69) is 34.7 Å². The second kappa shape index (κ2) is 21.3. The summed E-state index contributed by atoms with van der Waals surface area (Å²) >= 11 is 6.22. The zero-order chi connectivity index (χ0) is 41.2. The molecule has 0 unspecified atom stereocenters. The molecule has 0 amide bonds. The van der Waals surface area contributed by atoms with Gasteiger partial charge in [0, 0.05) is 118 Å². The fourth-order valence-electron chi connectivity index (χ4n) is 5.03. The average molecular weight is 943 g/mol. The first-order chi connectivity index (χ1) is 26.1. The molecule has 4 aromatic carbocycles. The Morgan fingerprint density at radius 1 is 0.814 bits per heavy atom. The molecule has 1 aromatic heterocycles. The summed E-state index contributed by atoms with van der Waals surface area (Å²) in [5.74, 6) is -1.68. The number of rotatable bonds is 15. The van der Waals surface area contributed by atoms with Gasteiger partial charge in [-0.2, -0.15) is 40.2 Å². The Morgan fingerprint density at radius 2 is 1.49 bits per heavy atom. The minimum Gasteiger partial charge on any atom is -0.505 e. The number of sulfone groups is 1. The number of benzene rings is 4. The van der Waals surface area contributed by atoms with E-state index in [1.54, 1.807) is 13.0 Å². The van der Waals surface area contributed by atoms with Crippen LogP contribution in [0.5, 0.6) is 11.5 Å². The first kappa shape index (κ1) is 53.0. The minimum absolute atomic E-state index is 0. The minimum atomic E-state index is -5.10. The number of nitrogens with zero attached hydrogens (tertiary/aromatic N) is 6. The largest absolute Gasteiger partial charge is 0.505 e. The molecule has 21 nitrogen and oxygen atoms in total. The number of aromatic hydroxyl groups is 1. The van der Waals surface area contributed by atoms with Crippen molar-refractivity contribution in [1.29, 1.82) is 0 Å². The maximum atomic E-state index is 12.8. The number of azo groups is 1. The van der Waals surface area contributed by atoms with Crippen molar-refractivity contribution in [2.24, 2.45) is 10.2 Å². The third-order valence-electron chi connectivity index (χ3n) is 7.51. The topological polar surface area (TPSA) is 315 Å². The number of halogens is 1. The average Bonchev–Trinajstić information content (AvgIpc) is 3.10. The second-order valence-electron chi connectivity index (χ2n) is 11.2. The SMILES string of the molecule is CCN(c1cccc(S(=O)(=O)CCOS(=O)(=O)O)c1)c1nc(Cl)nc(Nc2ccc3c(O)c(N=Nc4ccc(OC)cc4S(=O)(=O)O)c(S(=O)(=O)O)cc3c2)n1.[Na].[Na].[Na]. The number of nitrogens with one attached hydrogen (secondary N) is 1. The number of aromatic nitrogens is 3. The molecule has 5 aromatic rings. The standard InChI is InChI=1S/C30H28ClN7O14S4.3Na/c1-3-38(19-5-4-6-21(15-19)53(40,41)12-11-52-56(48,49)50)30-34-28(31)33-29(35-30)32-18-7-9-22-17(13-18)14-25(55(45,46)47)26(27(22)39)37-36-23-10-8-20(51-2)16-24(23)54(42,43)44;;;/h4-10,13-16,39H,3,11-12H2,1-2H3,(H,42,43,44)(H,45,46,47)(H,48,49,50)(H,32,33,34,35);;;. The van der Waals surface area contributed by atoms with Gasteiger partial charge in [0.2, 0.25) is 17.2 Å². The first-order valence-electron chi connectivity index (χ1n) is 15.3. The van der Waals surface area contributed by atoms with Crippen molar-refractivity contribution in [3.63, 3.8) is 0 Å². The number of ether oxygens (including phenoxy) is 1. The Hall–Kier alpha value is -2.12. The van der Waals surface area contributed by atoms with Gasteiger partial charge in [-0.15, -0.1) is 10.2 Å². The molecule has 0 aliphatic heterocycles. The summed E-state index contributed by atoms with van der Waals surface area (Å²) in [5, 5.41) is 21.1. The number of hydrogen-bond acceptors (Lipinski definition) is 18. The summed E-state index contributed by atoms with van der Waals surface area (Å²) in [4.78, 5) is 12.2. The zero-order valence-corrected chi connectivity index (χ0v) is 41.6. The molecule has 0 fully saturated rings. The van der Waals surface area contributed by atoms with Crippen LogP contribution in [0.2, 0.25) is 5.28 Å². The summed E-state index contributed by atoms with van der Waals surface area (Å²) in [7, 11) is -17.7. The molecule has 5 rings (SSSR count). The normalized spacial score (nSPS) is 12.0. The summed E-state index contributed by atoms with van der Waals surface area (Å²) < 4.78 is 134. The molecule has 3 radical (unpaired) electrons. The van der Waals surface area contributed by atoms with Crippen LogP contribution in [0.25, 0.3) is 10.8 Å². The van der Waals surface area contributed by atoms with Gasteiger partial charge >= 0.3 is 10.4 Å². The zero-order valence-electron chi connectivity index (χ0n) is 31.5. The molecule has 0 saturated carbocycles. The molecule has 29 heteroatoms. The molecule has 0 aliphatic rings. The first-order valence-corrected chi connectivity index (χ1v) is 21.6. The second-order valence-corrected chi connectivity index (χ2v) is 17.5. The van der Waals surface area contributed by atoms with E-state index >= 15 is 0 Å². The number of phenolic OH excluding ortho intramolecular Hbond substituents is 1. The van der Waals surface area contributed by atoms with Crippen LogP contribution in [0.4, 0.5) is 34.6 Å². The molecule has 0 spiro atoms. The molecule has 0 bridgehead atoms. The Labute approximate surface area is 409 Å². The van der Waals surface area contributed by atoms with Gasteiger partial charge in [-0.05, 0) is 78.5 Å². The van der Waals surface area contributed by atoms with Crippen LogP contribution >= 0.6 is 11.6 Å². The van der Waals surface area contributed by atoms with E-state index < -0.39 is 79.7 Å². The Balaban J connectivity index is 0.00000400. The van der Waals surface area contributed by atoms with E-state index in [1.165, 1.54) is 54.5 Å². The van der Waals surface area contributed by atoms with Crippen molar-refractivity contribution in [3.05, 3.63) is 72.0 Å². The Kier molecular flexibility index (Phi) is 19.1. The van der Waals surface area contributed by atoms with E-state index in [0.29, 0.717) is 0 Å². The third-order valence-corrected chi connectivity index (χ3v) is 11.6. The van der Waals surface area contributed by atoms with E-state index in [4.69, 9.17) is 20.9 Å². The van der Waals surface area contributed by atoms with Gasteiger partial charge in [-0.1, -0.05) is 6.07 Å². The quantitative estimate of drug-likeness (QED) is 0.0568. The fourth-order valence-corrected chi connectivity index (χ4v) is 8.01. The van der Waals surface area contributed by atoms with Crippen LogP contribution in [0.15, 0.2) is 91.6 Å². The van der Waals surface area contributed by atoms with Gasteiger partial charge in [-0.3, -0.25) is 13.7 Å². The van der Waals surface area contributed by atoms with E-state index in [9.17, 15) is 47.9 Å². The molecule has 0 saturated heterocycles. The predicted molar refractivity (Wildman–Crippen MR) is 216 cm³/mol. The van der Waals surface area contributed by atoms with Gasteiger partial charge in [0.05, 0.1) is 24.4 Å². The fraction of sp³-hybridized carbons (Fsp3) is 0.167. The van der Waals surface area contributed by atoms with Crippen molar-refractivity contribution < 1.29 is 61.4 Å². The number of anilines is 4. The molecule has 0 atom stereocenters. The van der Waals surface area contributed by atoms with E-state index in [-0.39, 0.29) is 145 Å². The molecular weight excluding hydrogens is 915 g/mol. The third kappa shape index (κ3) is 13.7.